The van der Waals surface area contributed by atoms with E-state index < -0.39 is 0 Å². The molecule has 0 saturated heterocycles. The van der Waals surface area contributed by atoms with Crippen molar-refractivity contribution in [3.05, 3.63) is 164 Å². The molecule has 0 N–H and O–H groups in total. The second-order valence-electron chi connectivity index (χ2n) is 12.4. The van der Waals surface area contributed by atoms with Crippen LogP contribution in [0.15, 0.2) is 173 Å². The normalized spacial score (nSPS) is 11.6. The van der Waals surface area contributed by atoms with Crippen molar-refractivity contribution in [2.45, 2.75) is 0 Å². The number of furan rings is 2. The SMILES string of the molecule is c1ccc(-c2cc(-c3ccc(-c4cccnc4)cc3)nc(-c3ccc(-c4cccc5oc6ccccc6c45)c4oc5ccccc5c34)n2)cc1. The van der Waals surface area contributed by atoms with E-state index in [-0.39, 0.29) is 0 Å². The molecule has 0 spiro atoms. The zero-order valence-electron chi connectivity index (χ0n) is 26.7. The van der Waals surface area contributed by atoms with Gasteiger partial charge in [0.05, 0.1) is 11.4 Å². The van der Waals surface area contributed by atoms with Crippen LogP contribution in [0.25, 0.3) is 100 Å². The lowest BCUT2D eigenvalue weighted by Crippen LogP contribution is -1.97. The molecule has 0 fully saturated rings. The Hall–Kier alpha value is -6.85. The highest BCUT2D eigenvalue weighted by Gasteiger charge is 2.22. The highest BCUT2D eigenvalue weighted by atomic mass is 16.3. The first-order valence-corrected chi connectivity index (χ1v) is 16.6. The molecule has 0 aliphatic rings. The van der Waals surface area contributed by atoms with E-state index in [1.54, 1.807) is 6.20 Å². The van der Waals surface area contributed by atoms with Gasteiger partial charge in [0.15, 0.2) is 5.82 Å². The quantitative estimate of drug-likeness (QED) is 0.187. The van der Waals surface area contributed by atoms with Gasteiger partial charge in [0.25, 0.3) is 0 Å². The topological polar surface area (TPSA) is 65.0 Å². The molecule has 0 bridgehead atoms. The average Bonchev–Trinajstić information content (AvgIpc) is 3.77. The largest absolute Gasteiger partial charge is 0.456 e. The van der Waals surface area contributed by atoms with E-state index in [0.717, 1.165) is 94.2 Å². The Morgan fingerprint density at radius 1 is 0.400 bits per heavy atom. The maximum absolute atomic E-state index is 6.73. The number of pyridine rings is 1. The van der Waals surface area contributed by atoms with Gasteiger partial charge >= 0.3 is 0 Å². The monoisotopic (exact) mass is 641 g/mol. The van der Waals surface area contributed by atoms with Crippen molar-refractivity contribution < 1.29 is 8.83 Å². The van der Waals surface area contributed by atoms with E-state index >= 15 is 0 Å². The summed E-state index contributed by atoms with van der Waals surface area (Å²) in [5.41, 5.74) is 12.1. The van der Waals surface area contributed by atoms with Crippen LogP contribution in [0, 0.1) is 0 Å². The van der Waals surface area contributed by atoms with Crippen LogP contribution < -0.4 is 0 Å². The van der Waals surface area contributed by atoms with Crippen LogP contribution in [-0.2, 0) is 0 Å². The molecule has 4 aromatic heterocycles. The summed E-state index contributed by atoms with van der Waals surface area (Å²) in [4.78, 5) is 14.7. The highest BCUT2D eigenvalue weighted by Crippen LogP contribution is 2.45. The molecule has 5 heteroatoms. The van der Waals surface area contributed by atoms with Crippen LogP contribution in [0.5, 0.6) is 0 Å². The molecule has 0 aliphatic heterocycles. The van der Waals surface area contributed by atoms with Gasteiger partial charge in [-0.1, -0.05) is 109 Å². The Morgan fingerprint density at radius 2 is 1.02 bits per heavy atom. The molecule has 0 amide bonds. The first-order chi connectivity index (χ1) is 24.8. The summed E-state index contributed by atoms with van der Waals surface area (Å²) in [6.07, 6.45) is 3.67. The summed E-state index contributed by atoms with van der Waals surface area (Å²) in [6, 6.07) is 51.7. The minimum atomic E-state index is 0.632. The fourth-order valence-electron chi connectivity index (χ4n) is 7.07. The smallest absolute Gasteiger partial charge is 0.161 e. The molecular weight excluding hydrogens is 615 g/mol. The van der Waals surface area contributed by atoms with Crippen LogP contribution in [0.1, 0.15) is 0 Å². The second kappa shape index (κ2) is 11.4. The number of para-hydroxylation sites is 2. The molecule has 10 rings (SSSR count). The van der Waals surface area contributed by atoms with Crippen molar-refractivity contribution in [1.82, 2.24) is 15.0 Å². The number of rotatable bonds is 5. The van der Waals surface area contributed by atoms with Gasteiger partial charge in [-0.15, -0.1) is 0 Å². The van der Waals surface area contributed by atoms with Crippen molar-refractivity contribution >= 4 is 43.9 Å². The standard InChI is InChI=1S/C45H27N3O2/c1-2-10-29(11-3-1)37-26-38(30-21-19-28(20-22-30)31-12-9-25-46-27-31)48-45(47-37)36-24-23-33(44-43(36)35-14-5-7-17-40(35)50-44)32-15-8-18-41-42(32)34-13-4-6-16-39(34)49-41/h1-27H. The molecule has 0 radical (unpaired) electrons. The molecule has 50 heavy (non-hydrogen) atoms. The molecule has 234 valence electrons. The van der Waals surface area contributed by atoms with Gasteiger partial charge in [0.2, 0.25) is 0 Å². The van der Waals surface area contributed by atoms with Crippen LogP contribution in [0.2, 0.25) is 0 Å². The van der Waals surface area contributed by atoms with Crippen molar-refractivity contribution in [1.29, 1.82) is 0 Å². The van der Waals surface area contributed by atoms with Crippen LogP contribution in [-0.4, -0.2) is 15.0 Å². The van der Waals surface area contributed by atoms with E-state index in [1.807, 2.05) is 66.9 Å². The Kier molecular flexibility index (Phi) is 6.42. The fraction of sp³-hybridized carbons (Fsp3) is 0. The van der Waals surface area contributed by atoms with Crippen LogP contribution in [0.4, 0.5) is 0 Å². The van der Waals surface area contributed by atoms with Crippen LogP contribution >= 0.6 is 0 Å². The van der Waals surface area contributed by atoms with Crippen molar-refractivity contribution in [2.75, 3.05) is 0 Å². The van der Waals surface area contributed by atoms with Gasteiger partial charge in [0.1, 0.15) is 22.3 Å². The summed E-state index contributed by atoms with van der Waals surface area (Å²) >= 11 is 0. The summed E-state index contributed by atoms with van der Waals surface area (Å²) in [5.74, 6) is 0.632. The van der Waals surface area contributed by atoms with E-state index in [4.69, 9.17) is 18.8 Å². The minimum Gasteiger partial charge on any atom is -0.456 e. The van der Waals surface area contributed by atoms with Crippen molar-refractivity contribution in [2.24, 2.45) is 0 Å². The average molecular weight is 642 g/mol. The summed E-state index contributed by atoms with van der Waals surface area (Å²) < 4.78 is 13.0. The molecule has 4 heterocycles. The first kappa shape index (κ1) is 28.2. The second-order valence-corrected chi connectivity index (χ2v) is 12.4. The Bertz CT molecular complexity index is 2850. The zero-order chi connectivity index (χ0) is 33.0. The zero-order valence-corrected chi connectivity index (χ0v) is 26.7. The van der Waals surface area contributed by atoms with Crippen LogP contribution in [0.3, 0.4) is 0 Å². The Balaban J connectivity index is 1.21. The highest BCUT2D eigenvalue weighted by molar-refractivity contribution is 6.20. The number of hydrogen-bond acceptors (Lipinski definition) is 5. The third-order valence-electron chi connectivity index (χ3n) is 9.43. The number of benzene rings is 6. The number of hydrogen-bond donors (Lipinski definition) is 0. The lowest BCUT2D eigenvalue weighted by molar-refractivity contribution is 0.668. The number of fused-ring (bicyclic) bond motifs is 6. The molecular formula is C45H27N3O2. The van der Waals surface area contributed by atoms with Gasteiger partial charge in [-0.25, -0.2) is 9.97 Å². The van der Waals surface area contributed by atoms with Crippen molar-refractivity contribution in [3.63, 3.8) is 0 Å². The lowest BCUT2D eigenvalue weighted by atomic mass is 9.95. The van der Waals surface area contributed by atoms with Gasteiger partial charge in [-0.05, 0) is 59.2 Å². The van der Waals surface area contributed by atoms with E-state index in [9.17, 15) is 0 Å². The summed E-state index contributed by atoms with van der Waals surface area (Å²) in [5, 5.41) is 4.13. The molecule has 0 unspecified atom stereocenters. The third kappa shape index (κ3) is 4.60. The molecule has 0 atom stereocenters. The predicted molar refractivity (Wildman–Crippen MR) is 202 cm³/mol. The third-order valence-corrected chi connectivity index (χ3v) is 9.43. The molecule has 6 aromatic carbocycles. The fourth-order valence-corrected chi connectivity index (χ4v) is 7.07. The molecule has 0 saturated carbocycles. The molecule has 10 aromatic rings. The maximum atomic E-state index is 6.73. The van der Waals surface area contributed by atoms with E-state index in [2.05, 4.69) is 96.0 Å². The maximum Gasteiger partial charge on any atom is 0.161 e. The predicted octanol–water partition coefficient (Wildman–Crippen LogP) is 12.0. The van der Waals surface area contributed by atoms with E-state index in [1.165, 1.54) is 0 Å². The van der Waals surface area contributed by atoms with Gasteiger partial charge in [0, 0.05) is 56.2 Å². The minimum absolute atomic E-state index is 0.632. The number of nitrogens with zero attached hydrogens (tertiary/aromatic N) is 3. The van der Waals surface area contributed by atoms with E-state index in [0.29, 0.717) is 5.82 Å². The molecule has 0 aliphatic carbocycles. The van der Waals surface area contributed by atoms with Gasteiger partial charge in [-0.2, -0.15) is 0 Å². The summed E-state index contributed by atoms with van der Waals surface area (Å²) in [7, 11) is 0. The Morgan fingerprint density at radius 3 is 1.78 bits per heavy atom. The number of aromatic nitrogens is 3. The first-order valence-electron chi connectivity index (χ1n) is 16.6. The molecule has 5 nitrogen and oxygen atoms in total. The Labute approximate surface area is 287 Å². The van der Waals surface area contributed by atoms with Crippen molar-refractivity contribution in [3.8, 4) is 56.2 Å². The lowest BCUT2D eigenvalue weighted by Gasteiger charge is -2.12. The van der Waals surface area contributed by atoms with Gasteiger partial charge in [-0.3, -0.25) is 4.98 Å². The summed E-state index contributed by atoms with van der Waals surface area (Å²) in [6.45, 7) is 0. The van der Waals surface area contributed by atoms with Gasteiger partial charge < -0.3 is 8.83 Å².